The van der Waals surface area contributed by atoms with Gasteiger partial charge < -0.3 is 11.1 Å². The molecule has 0 radical (unpaired) electrons. The number of halogens is 1. The molecule has 0 spiro atoms. The van der Waals surface area contributed by atoms with Crippen LogP contribution in [0.25, 0.3) is 0 Å². The number of rotatable bonds is 4. The maximum absolute atomic E-state index is 11.8. The molecule has 3 N–H and O–H groups in total. The SMILES string of the molecule is Cl.NC(CNC(=O)C1CCCC1)c1ccccc1. The van der Waals surface area contributed by atoms with E-state index in [0.29, 0.717) is 6.54 Å². The van der Waals surface area contributed by atoms with E-state index in [9.17, 15) is 4.79 Å². The van der Waals surface area contributed by atoms with Crippen molar-refractivity contribution in [1.29, 1.82) is 0 Å². The number of amides is 1. The van der Waals surface area contributed by atoms with Crippen LogP contribution in [0.3, 0.4) is 0 Å². The molecule has 0 saturated heterocycles. The molecule has 100 valence electrons. The first-order valence-corrected chi connectivity index (χ1v) is 6.35. The van der Waals surface area contributed by atoms with Gasteiger partial charge in [0.05, 0.1) is 0 Å². The predicted molar refractivity (Wildman–Crippen MR) is 75.6 cm³/mol. The molecule has 4 heteroatoms. The van der Waals surface area contributed by atoms with E-state index in [1.165, 1.54) is 12.8 Å². The van der Waals surface area contributed by atoms with Crippen LogP contribution in [0.1, 0.15) is 37.3 Å². The van der Waals surface area contributed by atoms with Crippen molar-refractivity contribution < 1.29 is 4.79 Å². The van der Waals surface area contributed by atoms with E-state index in [1.54, 1.807) is 0 Å². The summed E-state index contributed by atoms with van der Waals surface area (Å²) in [4.78, 5) is 11.8. The Hall–Kier alpha value is -1.06. The first kappa shape index (κ1) is 15.0. The zero-order chi connectivity index (χ0) is 12.1. The zero-order valence-electron chi connectivity index (χ0n) is 10.5. The van der Waals surface area contributed by atoms with E-state index in [-0.39, 0.29) is 30.3 Å². The molecule has 0 bridgehead atoms. The summed E-state index contributed by atoms with van der Waals surface area (Å²) >= 11 is 0. The average Bonchev–Trinajstić information content (AvgIpc) is 2.90. The fraction of sp³-hybridized carbons (Fsp3) is 0.500. The number of hydrogen-bond acceptors (Lipinski definition) is 2. The molecule has 0 aromatic heterocycles. The van der Waals surface area contributed by atoms with Crippen molar-refractivity contribution >= 4 is 18.3 Å². The van der Waals surface area contributed by atoms with Gasteiger partial charge in [-0.15, -0.1) is 12.4 Å². The highest BCUT2D eigenvalue weighted by atomic mass is 35.5. The van der Waals surface area contributed by atoms with Crippen molar-refractivity contribution in [1.82, 2.24) is 5.32 Å². The quantitative estimate of drug-likeness (QED) is 0.881. The van der Waals surface area contributed by atoms with Gasteiger partial charge in [0, 0.05) is 18.5 Å². The normalized spacial score (nSPS) is 16.9. The summed E-state index contributed by atoms with van der Waals surface area (Å²) in [6.45, 7) is 0.527. The molecule has 1 atom stereocenters. The van der Waals surface area contributed by atoms with Gasteiger partial charge in [0.15, 0.2) is 0 Å². The fourth-order valence-corrected chi connectivity index (χ4v) is 2.36. The predicted octanol–water partition coefficient (Wildman–Crippen LogP) is 2.41. The zero-order valence-corrected chi connectivity index (χ0v) is 11.3. The molecule has 1 aromatic carbocycles. The van der Waals surface area contributed by atoms with Crippen LogP contribution in [0.2, 0.25) is 0 Å². The molecule has 3 nitrogen and oxygen atoms in total. The van der Waals surface area contributed by atoms with Crippen molar-refractivity contribution in [3.05, 3.63) is 35.9 Å². The third-order valence-corrected chi connectivity index (χ3v) is 3.45. The Labute approximate surface area is 115 Å². The smallest absolute Gasteiger partial charge is 0.223 e. The molecule has 1 aliphatic rings. The number of nitrogens with one attached hydrogen (secondary N) is 1. The van der Waals surface area contributed by atoms with Gasteiger partial charge in [-0.2, -0.15) is 0 Å². The first-order chi connectivity index (χ1) is 8.27. The lowest BCUT2D eigenvalue weighted by molar-refractivity contribution is -0.124. The van der Waals surface area contributed by atoms with Crippen LogP contribution in [0.4, 0.5) is 0 Å². The molecule has 1 aromatic rings. The lowest BCUT2D eigenvalue weighted by atomic mass is 10.1. The van der Waals surface area contributed by atoms with Gasteiger partial charge in [-0.1, -0.05) is 43.2 Å². The van der Waals surface area contributed by atoms with Crippen molar-refractivity contribution in [3.63, 3.8) is 0 Å². The number of hydrogen-bond donors (Lipinski definition) is 2. The van der Waals surface area contributed by atoms with Crippen LogP contribution in [0, 0.1) is 5.92 Å². The van der Waals surface area contributed by atoms with E-state index in [1.807, 2.05) is 30.3 Å². The second-order valence-corrected chi connectivity index (χ2v) is 4.74. The van der Waals surface area contributed by atoms with Crippen molar-refractivity contribution in [2.75, 3.05) is 6.54 Å². The molecular formula is C14H21ClN2O. The largest absolute Gasteiger partial charge is 0.354 e. The van der Waals surface area contributed by atoms with Crippen molar-refractivity contribution in [3.8, 4) is 0 Å². The Morgan fingerprint density at radius 1 is 1.28 bits per heavy atom. The summed E-state index contributed by atoms with van der Waals surface area (Å²) in [5.74, 6) is 0.395. The van der Waals surface area contributed by atoms with E-state index in [0.717, 1.165) is 18.4 Å². The molecule has 1 amide bonds. The Balaban J connectivity index is 0.00000162. The molecule has 1 saturated carbocycles. The number of carbonyl (C=O) groups excluding carboxylic acids is 1. The minimum absolute atomic E-state index is 0. The van der Waals surface area contributed by atoms with E-state index in [4.69, 9.17) is 5.73 Å². The first-order valence-electron chi connectivity index (χ1n) is 6.35. The van der Waals surface area contributed by atoms with Gasteiger partial charge in [-0.3, -0.25) is 4.79 Å². The van der Waals surface area contributed by atoms with Crippen LogP contribution in [0.15, 0.2) is 30.3 Å². The monoisotopic (exact) mass is 268 g/mol. The lowest BCUT2D eigenvalue weighted by Gasteiger charge is -2.15. The highest BCUT2D eigenvalue weighted by molar-refractivity contribution is 5.85. The van der Waals surface area contributed by atoms with Gasteiger partial charge in [-0.05, 0) is 18.4 Å². The maximum atomic E-state index is 11.8. The minimum Gasteiger partial charge on any atom is -0.354 e. The van der Waals surface area contributed by atoms with E-state index < -0.39 is 0 Å². The molecule has 18 heavy (non-hydrogen) atoms. The Kier molecular flexibility index (Phi) is 6.16. The molecule has 2 rings (SSSR count). The second-order valence-electron chi connectivity index (χ2n) is 4.74. The summed E-state index contributed by atoms with van der Waals surface area (Å²) in [7, 11) is 0. The third kappa shape index (κ3) is 4.00. The van der Waals surface area contributed by atoms with Gasteiger partial charge in [0.2, 0.25) is 5.91 Å². The molecular weight excluding hydrogens is 248 g/mol. The van der Waals surface area contributed by atoms with Crippen LogP contribution in [-0.2, 0) is 4.79 Å². The topological polar surface area (TPSA) is 55.1 Å². The van der Waals surface area contributed by atoms with Gasteiger partial charge in [0.1, 0.15) is 0 Å². The molecule has 0 heterocycles. The number of carbonyl (C=O) groups is 1. The fourth-order valence-electron chi connectivity index (χ4n) is 2.36. The lowest BCUT2D eigenvalue weighted by Crippen LogP contribution is -2.35. The van der Waals surface area contributed by atoms with Crippen LogP contribution in [-0.4, -0.2) is 12.5 Å². The molecule has 1 unspecified atom stereocenters. The van der Waals surface area contributed by atoms with Crippen LogP contribution >= 0.6 is 12.4 Å². The van der Waals surface area contributed by atoms with Crippen molar-refractivity contribution in [2.45, 2.75) is 31.7 Å². The summed E-state index contributed by atoms with van der Waals surface area (Å²) in [5.41, 5.74) is 7.10. The number of benzene rings is 1. The summed E-state index contributed by atoms with van der Waals surface area (Å²) < 4.78 is 0. The van der Waals surface area contributed by atoms with Gasteiger partial charge >= 0.3 is 0 Å². The van der Waals surface area contributed by atoms with Gasteiger partial charge in [0.25, 0.3) is 0 Å². The minimum atomic E-state index is -0.110. The summed E-state index contributed by atoms with van der Waals surface area (Å²) in [5, 5.41) is 2.96. The van der Waals surface area contributed by atoms with Gasteiger partial charge in [-0.25, -0.2) is 0 Å². The average molecular weight is 269 g/mol. The summed E-state index contributed by atoms with van der Waals surface area (Å²) in [6.07, 6.45) is 4.43. The maximum Gasteiger partial charge on any atom is 0.223 e. The highest BCUT2D eigenvalue weighted by Crippen LogP contribution is 2.24. The standard InChI is InChI=1S/C14H20N2O.ClH/c15-13(11-6-2-1-3-7-11)10-16-14(17)12-8-4-5-9-12;/h1-3,6-7,12-13H,4-5,8-10,15H2,(H,16,17);1H. The van der Waals surface area contributed by atoms with Crippen LogP contribution in [0.5, 0.6) is 0 Å². The Morgan fingerprint density at radius 2 is 1.89 bits per heavy atom. The molecule has 1 fully saturated rings. The highest BCUT2D eigenvalue weighted by Gasteiger charge is 2.22. The molecule has 1 aliphatic carbocycles. The molecule has 0 aliphatic heterocycles. The number of nitrogens with two attached hydrogens (primary N) is 1. The Bertz CT molecular complexity index is 363. The van der Waals surface area contributed by atoms with E-state index >= 15 is 0 Å². The Morgan fingerprint density at radius 3 is 2.50 bits per heavy atom. The van der Waals surface area contributed by atoms with Crippen molar-refractivity contribution in [2.24, 2.45) is 11.7 Å². The van der Waals surface area contributed by atoms with Crippen LogP contribution < -0.4 is 11.1 Å². The third-order valence-electron chi connectivity index (χ3n) is 3.45. The van der Waals surface area contributed by atoms with E-state index in [2.05, 4.69) is 5.32 Å². The second kappa shape index (κ2) is 7.39. The summed E-state index contributed by atoms with van der Waals surface area (Å²) in [6, 6.07) is 9.77.